The van der Waals surface area contributed by atoms with Crippen LogP contribution in [0.15, 0.2) is 18.3 Å². The van der Waals surface area contributed by atoms with Crippen molar-refractivity contribution in [2.45, 2.75) is 51.5 Å². The molecule has 3 rings (SSSR count). The molecule has 110 valence electrons. The highest BCUT2D eigenvalue weighted by atomic mass is 15.2. The van der Waals surface area contributed by atoms with Crippen LogP contribution in [-0.2, 0) is 0 Å². The lowest BCUT2D eigenvalue weighted by molar-refractivity contribution is 0.172. The molecule has 0 amide bonds. The van der Waals surface area contributed by atoms with E-state index < -0.39 is 0 Å². The highest BCUT2D eigenvalue weighted by Crippen LogP contribution is 2.30. The molecule has 0 radical (unpaired) electrons. The van der Waals surface area contributed by atoms with Gasteiger partial charge < -0.3 is 9.80 Å². The second-order valence-electron chi connectivity index (χ2n) is 6.55. The molecule has 3 nitrogen and oxygen atoms in total. The average Bonchev–Trinajstić information content (AvgIpc) is 3.02. The van der Waals surface area contributed by atoms with Crippen molar-refractivity contribution in [2.24, 2.45) is 0 Å². The fraction of sp³-hybridized carbons (Fsp3) is 0.706. The molecule has 0 bridgehead atoms. The van der Waals surface area contributed by atoms with E-state index in [9.17, 15) is 0 Å². The maximum absolute atomic E-state index is 4.57. The summed E-state index contributed by atoms with van der Waals surface area (Å²) in [7, 11) is 0. The number of likely N-dealkylation sites (tertiary alicyclic amines) is 1. The van der Waals surface area contributed by atoms with E-state index in [2.05, 4.69) is 40.8 Å². The van der Waals surface area contributed by atoms with Crippen molar-refractivity contribution in [2.75, 3.05) is 31.1 Å². The zero-order valence-electron chi connectivity index (χ0n) is 12.9. The van der Waals surface area contributed by atoms with Crippen LogP contribution in [0, 0.1) is 0 Å². The SMILES string of the molecule is CC(C)N1CCC(c2ccnc(N3CCCC3)c2)CC1. The number of rotatable bonds is 3. The molecule has 1 aromatic heterocycles. The molecule has 2 aliphatic heterocycles. The summed E-state index contributed by atoms with van der Waals surface area (Å²) >= 11 is 0. The summed E-state index contributed by atoms with van der Waals surface area (Å²) in [6.45, 7) is 9.45. The number of hydrogen-bond acceptors (Lipinski definition) is 3. The van der Waals surface area contributed by atoms with E-state index in [-0.39, 0.29) is 0 Å². The normalized spacial score (nSPS) is 21.9. The molecule has 0 aliphatic carbocycles. The minimum atomic E-state index is 0.688. The van der Waals surface area contributed by atoms with Gasteiger partial charge in [-0.1, -0.05) is 0 Å². The molecule has 2 saturated heterocycles. The van der Waals surface area contributed by atoms with Crippen molar-refractivity contribution >= 4 is 5.82 Å². The van der Waals surface area contributed by atoms with Gasteiger partial charge in [0.15, 0.2) is 0 Å². The lowest BCUT2D eigenvalue weighted by atomic mass is 9.89. The molecule has 0 spiro atoms. The predicted octanol–water partition coefficient (Wildman–Crippen LogP) is 3.27. The predicted molar refractivity (Wildman–Crippen MR) is 84.4 cm³/mol. The van der Waals surface area contributed by atoms with E-state index in [1.807, 2.05) is 6.20 Å². The first-order valence-electron chi connectivity index (χ1n) is 8.19. The summed E-state index contributed by atoms with van der Waals surface area (Å²) in [6.07, 6.45) is 7.23. The lowest BCUT2D eigenvalue weighted by Gasteiger charge is -2.35. The number of anilines is 1. The molecule has 0 N–H and O–H groups in total. The van der Waals surface area contributed by atoms with Crippen molar-refractivity contribution in [1.82, 2.24) is 9.88 Å². The highest BCUT2D eigenvalue weighted by molar-refractivity contribution is 5.42. The molecule has 0 aromatic carbocycles. The van der Waals surface area contributed by atoms with Crippen LogP contribution in [0.25, 0.3) is 0 Å². The molecular formula is C17H27N3. The van der Waals surface area contributed by atoms with Gasteiger partial charge in [-0.25, -0.2) is 4.98 Å². The number of hydrogen-bond donors (Lipinski definition) is 0. The molecule has 2 fully saturated rings. The van der Waals surface area contributed by atoms with Gasteiger partial charge in [0.05, 0.1) is 0 Å². The zero-order chi connectivity index (χ0) is 13.9. The summed E-state index contributed by atoms with van der Waals surface area (Å²) in [5.41, 5.74) is 1.50. The van der Waals surface area contributed by atoms with Gasteiger partial charge in [-0.05, 0) is 76.2 Å². The molecular weight excluding hydrogens is 246 g/mol. The summed E-state index contributed by atoms with van der Waals surface area (Å²) in [5.74, 6) is 1.93. The Balaban J connectivity index is 1.67. The minimum absolute atomic E-state index is 0.688. The maximum atomic E-state index is 4.57. The van der Waals surface area contributed by atoms with E-state index in [0.717, 1.165) is 5.92 Å². The molecule has 20 heavy (non-hydrogen) atoms. The number of pyridine rings is 1. The van der Waals surface area contributed by atoms with Crippen LogP contribution in [0.2, 0.25) is 0 Å². The number of piperidine rings is 1. The highest BCUT2D eigenvalue weighted by Gasteiger charge is 2.23. The standard InChI is InChI=1S/C17H27N3/c1-14(2)19-11-6-15(7-12-19)16-5-8-18-17(13-16)20-9-3-4-10-20/h5,8,13-15H,3-4,6-7,9-12H2,1-2H3. The third-order valence-electron chi connectivity index (χ3n) is 4.93. The Labute approximate surface area is 123 Å². The zero-order valence-corrected chi connectivity index (χ0v) is 12.9. The Morgan fingerprint density at radius 2 is 1.80 bits per heavy atom. The smallest absolute Gasteiger partial charge is 0.128 e. The second-order valence-corrected chi connectivity index (χ2v) is 6.55. The largest absolute Gasteiger partial charge is 0.357 e. The van der Waals surface area contributed by atoms with E-state index in [4.69, 9.17) is 0 Å². The fourth-order valence-electron chi connectivity index (χ4n) is 3.56. The fourth-order valence-corrected chi connectivity index (χ4v) is 3.56. The molecule has 3 heterocycles. The van der Waals surface area contributed by atoms with Crippen molar-refractivity contribution < 1.29 is 0 Å². The van der Waals surface area contributed by atoms with Crippen LogP contribution in [0.1, 0.15) is 51.0 Å². The van der Waals surface area contributed by atoms with Crippen LogP contribution < -0.4 is 4.90 Å². The van der Waals surface area contributed by atoms with Crippen LogP contribution in [0.4, 0.5) is 5.82 Å². The van der Waals surface area contributed by atoms with Gasteiger partial charge >= 0.3 is 0 Å². The van der Waals surface area contributed by atoms with Crippen LogP contribution >= 0.6 is 0 Å². The van der Waals surface area contributed by atoms with Gasteiger partial charge in [0, 0.05) is 25.3 Å². The summed E-state index contributed by atoms with van der Waals surface area (Å²) in [4.78, 5) is 9.61. The summed E-state index contributed by atoms with van der Waals surface area (Å²) in [5, 5.41) is 0. The molecule has 2 aliphatic rings. The number of aromatic nitrogens is 1. The Morgan fingerprint density at radius 1 is 1.10 bits per heavy atom. The topological polar surface area (TPSA) is 19.4 Å². The van der Waals surface area contributed by atoms with Crippen molar-refractivity contribution in [1.29, 1.82) is 0 Å². The van der Waals surface area contributed by atoms with Gasteiger partial charge in [0.1, 0.15) is 5.82 Å². The quantitative estimate of drug-likeness (QED) is 0.842. The Kier molecular flexibility index (Phi) is 4.25. The maximum Gasteiger partial charge on any atom is 0.128 e. The monoisotopic (exact) mass is 273 g/mol. The lowest BCUT2D eigenvalue weighted by Crippen LogP contribution is -2.37. The molecule has 0 unspecified atom stereocenters. The summed E-state index contributed by atoms with van der Waals surface area (Å²) in [6, 6.07) is 5.27. The van der Waals surface area contributed by atoms with Gasteiger partial charge in [-0.3, -0.25) is 0 Å². The Hall–Kier alpha value is -1.09. The second kappa shape index (κ2) is 6.13. The first-order chi connectivity index (χ1) is 9.74. The number of nitrogens with zero attached hydrogens (tertiary/aromatic N) is 3. The minimum Gasteiger partial charge on any atom is -0.357 e. The van der Waals surface area contributed by atoms with Gasteiger partial charge in [0.25, 0.3) is 0 Å². The first-order valence-corrected chi connectivity index (χ1v) is 8.19. The Bertz CT molecular complexity index is 430. The van der Waals surface area contributed by atoms with Crippen molar-refractivity contribution in [3.05, 3.63) is 23.9 Å². The molecule has 0 saturated carbocycles. The Morgan fingerprint density at radius 3 is 2.45 bits per heavy atom. The van der Waals surface area contributed by atoms with Gasteiger partial charge in [0.2, 0.25) is 0 Å². The van der Waals surface area contributed by atoms with Crippen LogP contribution in [0.3, 0.4) is 0 Å². The van der Waals surface area contributed by atoms with Crippen molar-refractivity contribution in [3.8, 4) is 0 Å². The third-order valence-corrected chi connectivity index (χ3v) is 4.93. The van der Waals surface area contributed by atoms with Crippen LogP contribution in [0.5, 0.6) is 0 Å². The molecule has 0 atom stereocenters. The van der Waals surface area contributed by atoms with E-state index in [1.54, 1.807) is 0 Å². The van der Waals surface area contributed by atoms with Gasteiger partial charge in [-0.15, -0.1) is 0 Å². The van der Waals surface area contributed by atoms with Gasteiger partial charge in [-0.2, -0.15) is 0 Å². The van der Waals surface area contributed by atoms with E-state index >= 15 is 0 Å². The summed E-state index contributed by atoms with van der Waals surface area (Å²) < 4.78 is 0. The molecule has 1 aromatic rings. The van der Waals surface area contributed by atoms with E-state index in [0.29, 0.717) is 6.04 Å². The van der Waals surface area contributed by atoms with E-state index in [1.165, 1.54) is 63.2 Å². The van der Waals surface area contributed by atoms with Crippen LogP contribution in [-0.4, -0.2) is 42.1 Å². The first kappa shape index (κ1) is 13.9. The molecule has 3 heteroatoms. The average molecular weight is 273 g/mol. The van der Waals surface area contributed by atoms with Crippen molar-refractivity contribution in [3.63, 3.8) is 0 Å². The third kappa shape index (κ3) is 2.98.